The van der Waals surface area contributed by atoms with Crippen LogP contribution in [0, 0.1) is 6.92 Å². The fraction of sp³-hybridized carbons (Fsp3) is 0.444. The van der Waals surface area contributed by atoms with Crippen LogP contribution < -0.4 is 5.32 Å². The van der Waals surface area contributed by atoms with Gasteiger partial charge in [-0.1, -0.05) is 29.3 Å². The number of carbonyl (C=O) groups is 1. The van der Waals surface area contributed by atoms with Gasteiger partial charge in [0.2, 0.25) is 5.91 Å². The van der Waals surface area contributed by atoms with E-state index >= 15 is 0 Å². The van der Waals surface area contributed by atoms with E-state index < -0.39 is 0 Å². The molecule has 0 saturated heterocycles. The third-order valence-corrected chi connectivity index (χ3v) is 4.56. The molecule has 1 aromatic heterocycles. The molecule has 0 bridgehead atoms. The molecule has 0 spiro atoms. The Labute approximate surface area is 153 Å². The Kier molecular flexibility index (Phi) is 5.61. The van der Waals surface area contributed by atoms with Gasteiger partial charge in [0, 0.05) is 11.8 Å². The van der Waals surface area contributed by atoms with E-state index in [1.165, 1.54) is 0 Å². The third-order valence-electron chi connectivity index (χ3n) is 3.82. The number of amides is 1. The number of nitrogens with zero attached hydrogens (tertiary/aromatic N) is 2. The Balaban J connectivity index is 2.06. The quantitative estimate of drug-likeness (QED) is 0.852. The van der Waals surface area contributed by atoms with Gasteiger partial charge in [0.1, 0.15) is 0 Å². The summed E-state index contributed by atoms with van der Waals surface area (Å²) < 4.78 is 1.93. The van der Waals surface area contributed by atoms with E-state index in [1.807, 2.05) is 24.7 Å². The van der Waals surface area contributed by atoms with Crippen LogP contribution in [0.4, 0.5) is 0 Å². The zero-order valence-corrected chi connectivity index (χ0v) is 16.2. The molecule has 4 nitrogen and oxygen atoms in total. The summed E-state index contributed by atoms with van der Waals surface area (Å²) in [4.78, 5) is 12.3. The lowest BCUT2D eigenvalue weighted by atomic mass is 10.1. The molecule has 1 heterocycles. The van der Waals surface area contributed by atoms with E-state index in [0.717, 1.165) is 16.8 Å². The number of hydrogen-bond acceptors (Lipinski definition) is 2. The van der Waals surface area contributed by atoms with Gasteiger partial charge in [-0.05, 0) is 52.3 Å². The normalized spacial score (nSPS) is 13.0. The highest BCUT2D eigenvalue weighted by Gasteiger charge is 2.20. The number of halogens is 2. The summed E-state index contributed by atoms with van der Waals surface area (Å²) in [5.41, 5.74) is 2.68. The Morgan fingerprint density at radius 2 is 1.96 bits per heavy atom. The number of aryl methyl sites for hydroxylation is 1. The van der Waals surface area contributed by atoms with Gasteiger partial charge in [0.15, 0.2) is 0 Å². The van der Waals surface area contributed by atoms with Gasteiger partial charge in [0.05, 0.1) is 33.7 Å². The number of benzene rings is 1. The zero-order valence-electron chi connectivity index (χ0n) is 14.7. The average molecular weight is 368 g/mol. The van der Waals surface area contributed by atoms with Crippen molar-refractivity contribution in [1.82, 2.24) is 15.1 Å². The zero-order chi connectivity index (χ0) is 18.1. The molecule has 130 valence electrons. The molecule has 1 amide bonds. The van der Waals surface area contributed by atoms with Crippen molar-refractivity contribution in [2.75, 3.05) is 0 Å². The number of rotatable bonds is 4. The molecule has 0 aliphatic heterocycles. The summed E-state index contributed by atoms with van der Waals surface area (Å²) in [6, 6.07) is 5.11. The van der Waals surface area contributed by atoms with E-state index in [1.54, 1.807) is 18.2 Å². The Morgan fingerprint density at radius 3 is 2.50 bits per heavy atom. The van der Waals surface area contributed by atoms with Crippen LogP contribution in [0.15, 0.2) is 24.4 Å². The minimum Gasteiger partial charge on any atom is -0.349 e. The van der Waals surface area contributed by atoms with Crippen molar-refractivity contribution >= 4 is 29.1 Å². The van der Waals surface area contributed by atoms with Gasteiger partial charge in [-0.3, -0.25) is 9.48 Å². The minimum absolute atomic E-state index is 0.0659. The molecule has 24 heavy (non-hydrogen) atoms. The monoisotopic (exact) mass is 367 g/mol. The van der Waals surface area contributed by atoms with Crippen molar-refractivity contribution in [3.63, 3.8) is 0 Å². The lowest BCUT2D eigenvalue weighted by Crippen LogP contribution is -2.28. The number of nitrogens with one attached hydrogen (secondary N) is 1. The maximum absolute atomic E-state index is 12.3. The lowest BCUT2D eigenvalue weighted by Gasteiger charge is -2.19. The second kappa shape index (κ2) is 7.16. The summed E-state index contributed by atoms with van der Waals surface area (Å²) in [5, 5.41) is 8.51. The van der Waals surface area contributed by atoms with Crippen molar-refractivity contribution < 1.29 is 4.79 Å². The van der Waals surface area contributed by atoms with Gasteiger partial charge in [-0.15, -0.1) is 0 Å². The highest BCUT2D eigenvalue weighted by molar-refractivity contribution is 6.42. The molecule has 2 rings (SSSR count). The van der Waals surface area contributed by atoms with Crippen LogP contribution in [0.1, 0.15) is 50.6 Å². The maximum atomic E-state index is 12.3. The standard InChI is InChI=1S/C18H23Cl2N3O/c1-11(14-10-23(18(3,4)5)22-12(14)2)21-17(24)9-13-6-7-15(19)16(20)8-13/h6-8,10-11H,9H2,1-5H3,(H,21,24)/t11-/m0/s1. The van der Waals surface area contributed by atoms with E-state index in [4.69, 9.17) is 23.2 Å². The van der Waals surface area contributed by atoms with Gasteiger partial charge in [-0.2, -0.15) is 5.10 Å². The molecule has 2 aromatic rings. The predicted octanol–water partition coefficient (Wildman–Crippen LogP) is 4.67. The Bertz CT molecular complexity index is 747. The molecular formula is C18H23Cl2N3O. The summed E-state index contributed by atoms with van der Waals surface area (Å²) in [6.45, 7) is 10.2. The van der Waals surface area contributed by atoms with Crippen LogP contribution >= 0.6 is 23.2 Å². The topological polar surface area (TPSA) is 46.9 Å². The molecule has 0 aliphatic rings. The van der Waals surface area contributed by atoms with Gasteiger partial charge >= 0.3 is 0 Å². The van der Waals surface area contributed by atoms with E-state index in [2.05, 4.69) is 31.2 Å². The first-order chi connectivity index (χ1) is 11.1. The predicted molar refractivity (Wildman–Crippen MR) is 98.7 cm³/mol. The van der Waals surface area contributed by atoms with E-state index in [-0.39, 0.29) is 23.9 Å². The van der Waals surface area contributed by atoms with E-state index in [0.29, 0.717) is 10.0 Å². The van der Waals surface area contributed by atoms with Crippen LogP contribution in [0.2, 0.25) is 10.0 Å². The molecule has 1 atom stereocenters. The largest absolute Gasteiger partial charge is 0.349 e. The van der Waals surface area contributed by atoms with Gasteiger partial charge in [0.25, 0.3) is 0 Å². The molecule has 0 radical (unpaired) electrons. The summed E-state index contributed by atoms with van der Waals surface area (Å²) in [6.07, 6.45) is 2.26. The molecule has 0 aliphatic carbocycles. The summed E-state index contributed by atoms with van der Waals surface area (Å²) >= 11 is 11.9. The molecule has 0 saturated carbocycles. The fourth-order valence-corrected chi connectivity index (χ4v) is 2.77. The van der Waals surface area contributed by atoms with Gasteiger partial charge in [-0.25, -0.2) is 0 Å². The van der Waals surface area contributed by atoms with Crippen LogP contribution in [-0.4, -0.2) is 15.7 Å². The minimum atomic E-state index is -0.114. The smallest absolute Gasteiger partial charge is 0.224 e. The first kappa shape index (κ1) is 18.8. The first-order valence-electron chi connectivity index (χ1n) is 7.88. The van der Waals surface area contributed by atoms with Crippen molar-refractivity contribution in [2.24, 2.45) is 0 Å². The molecule has 6 heteroatoms. The Morgan fingerprint density at radius 1 is 1.29 bits per heavy atom. The highest BCUT2D eigenvalue weighted by Crippen LogP contribution is 2.24. The molecule has 1 aromatic carbocycles. The second-order valence-electron chi connectivity index (χ2n) is 7.00. The van der Waals surface area contributed by atoms with Crippen molar-refractivity contribution in [3.8, 4) is 0 Å². The second-order valence-corrected chi connectivity index (χ2v) is 7.81. The van der Waals surface area contributed by atoms with Crippen LogP contribution in [0.3, 0.4) is 0 Å². The Hall–Kier alpha value is -1.52. The molecule has 0 fully saturated rings. The van der Waals surface area contributed by atoms with Crippen LogP contribution in [0.5, 0.6) is 0 Å². The SMILES string of the molecule is Cc1nn(C(C)(C)C)cc1[C@H](C)NC(=O)Cc1ccc(Cl)c(Cl)c1. The van der Waals surface area contributed by atoms with Crippen molar-refractivity contribution in [3.05, 3.63) is 51.3 Å². The molecule has 0 unspecified atom stereocenters. The molecule has 1 N–H and O–H groups in total. The summed E-state index contributed by atoms with van der Waals surface area (Å²) in [7, 11) is 0. The van der Waals surface area contributed by atoms with Crippen molar-refractivity contribution in [2.45, 2.75) is 52.6 Å². The summed E-state index contributed by atoms with van der Waals surface area (Å²) in [5.74, 6) is -0.0659. The highest BCUT2D eigenvalue weighted by atomic mass is 35.5. The van der Waals surface area contributed by atoms with E-state index in [9.17, 15) is 4.79 Å². The lowest BCUT2D eigenvalue weighted by molar-refractivity contribution is -0.121. The van der Waals surface area contributed by atoms with Crippen molar-refractivity contribution in [1.29, 1.82) is 0 Å². The maximum Gasteiger partial charge on any atom is 0.224 e. The van der Waals surface area contributed by atoms with Crippen LogP contribution in [-0.2, 0) is 16.8 Å². The van der Waals surface area contributed by atoms with Gasteiger partial charge < -0.3 is 5.32 Å². The average Bonchev–Trinajstić information content (AvgIpc) is 2.85. The molecular weight excluding hydrogens is 345 g/mol. The number of hydrogen-bond donors (Lipinski definition) is 1. The number of carbonyl (C=O) groups excluding carboxylic acids is 1. The fourth-order valence-electron chi connectivity index (χ4n) is 2.45. The first-order valence-corrected chi connectivity index (χ1v) is 8.63. The van der Waals surface area contributed by atoms with Crippen LogP contribution in [0.25, 0.3) is 0 Å². The number of aromatic nitrogens is 2. The third kappa shape index (κ3) is 4.52.